The van der Waals surface area contributed by atoms with E-state index in [1.807, 2.05) is 0 Å². The first kappa shape index (κ1) is 11.3. The molecule has 0 saturated heterocycles. The van der Waals surface area contributed by atoms with Crippen LogP contribution in [0.5, 0.6) is 0 Å². The molecule has 1 aromatic carbocycles. The number of nitrogens with zero attached hydrogens (tertiary/aromatic N) is 4. The lowest BCUT2D eigenvalue weighted by Crippen LogP contribution is -1.91. The predicted molar refractivity (Wildman–Crippen MR) is 65.1 cm³/mol. The molecule has 7 heteroatoms. The Balaban J connectivity index is 1.99. The van der Waals surface area contributed by atoms with E-state index in [4.69, 9.17) is 10.3 Å². The molecule has 94 valence electrons. The third-order valence-corrected chi connectivity index (χ3v) is 2.44. The van der Waals surface area contributed by atoms with Crippen LogP contribution < -0.4 is 5.73 Å². The van der Waals surface area contributed by atoms with Crippen LogP contribution in [0.15, 0.2) is 41.2 Å². The summed E-state index contributed by atoms with van der Waals surface area (Å²) < 4.78 is 18.4. The number of nitrogen functional groups attached to an aromatic ring is 1. The summed E-state index contributed by atoms with van der Waals surface area (Å²) in [5.74, 6) is 0.232. The van der Waals surface area contributed by atoms with Crippen LogP contribution in [-0.4, -0.2) is 20.1 Å². The van der Waals surface area contributed by atoms with Crippen LogP contribution in [0, 0.1) is 5.82 Å². The van der Waals surface area contributed by atoms with Crippen molar-refractivity contribution in [2.75, 3.05) is 5.73 Å². The Bertz CT molecular complexity index is 713. The van der Waals surface area contributed by atoms with Crippen molar-refractivity contribution < 1.29 is 8.91 Å². The highest BCUT2D eigenvalue weighted by molar-refractivity contribution is 5.59. The Labute approximate surface area is 107 Å². The second-order valence-electron chi connectivity index (χ2n) is 3.73. The van der Waals surface area contributed by atoms with Crippen molar-refractivity contribution in [2.45, 2.75) is 0 Å². The first-order chi connectivity index (χ1) is 9.24. The minimum absolute atomic E-state index is 0.0647. The Kier molecular flexibility index (Phi) is 2.64. The standard InChI is InChI=1S/C12H8FN5O/c13-8-6-7(2-3-9(8)14)12-17-11(18-19-12)10-15-4-1-5-16-10/h1-6H,14H2. The topological polar surface area (TPSA) is 90.7 Å². The molecule has 6 nitrogen and oxygen atoms in total. The molecule has 2 heterocycles. The maximum atomic E-state index is 13.4. The molecule has 0 aliphatic rings. The van der Waals surface area contributed by atoms with Crippen LogP contribution in [0.25, 0.3) is 23.1 Å². The number of hydrogen-bond donors (Lipinski definition) is 1. The first-order valence-corrected chi connectivity index (χ1v) is 5.40. The molecular formula is C12H8FN5O. The highest BCUT2D eigenvalue weighted by Crippen LogP contribution is 2.23. The average molecular weight is 257 g/mol. The largest absolute Gasteiger partial charge is 0.396 e. The maximum Gasteiger partial charge on any atom is 0.258 e. The Morgan fingerprint density at radius 2 is 1.89 bits per heavy atom. The minimum Gasteiger partial charge on any atom is -0.396 e. The fourth-order valence-corrected chi connectivity index (χ4v) is 1.51. The van der Waals surface area contributed by atoms with E-state index in [9.17, 15) is 4.39 Å². The van der Waals surface area contributed by atoms with Crippen LogP contribution in [0.2, 0.25) is 0 Å². The summed E-state index contributed by atoms with van der Waals surface area (Å²) in [6.45, 7) is 0. The predicted octanol–water partition coefficient (Wildman–Crippen LogP) is 1.91. The Morgan fingerprint density at radius 1 is 1.11 bits per heavy atom. The Hall–Kier alpha value is -2.83. The van der Waals surface area contributed by atoms with Crippen LogP contribution >= 0.6 is 0 Å². The van der Waals surface area contributed by atoms with Gasteiger partial charge in [0.1, 0.15) is 5.82 Å². The van der Waals surface area contributed by atoms with Gasteiger partial charge < -0.3 is 10.3 Å². The van der Waals surface area contributed by atoms with Gasteiger partial charge >= 0.3 is 0 Å². The molecule has 0 aliphatic heterocycles. The van der Waals surface area contributed by atoms with Crippen LogP contribution in [-0.2, 0) is 0 Å². The molecule has 0 bridgehead atoms. The number of halogens is 1. The number of rotatable bonds is 2. The monoisotopic (exact) mass is 257 g/mol. The first-order valence-electron chi connectivity index (χ1n) is 5.40. The number of hydrogen-bond acceptors (Lipinski definition) is 6. The molecule has 2 aromatic heterocycles. The van der Waals surface area contributed by atoms with E-state index >= 15 is 0 Å². The van der Waals surface area contributed by atoms with Gasteiger partial charge in [0, 0.05) is 18.0 Å². The maximum absolute atomic E-state index is 13.4. The van der Waals surface area contributed by atoms with Gasteiger partial charge in [-0.1, -0.05) is 5.16 Å². The molecule has 0 aliphatic carbocycles. The molecule has 0 atom stereocenters. The molecule has 0 unspecified atom stereocenters. The summed E-state index contributed by atoms with van der Waals surface area (Å²) in [7, 11) is 0. The lowest BCUT2D eigenvalue weighted by Gasteiger charge is -1.97. The zero-order chi connectivity index (χ0) is 13.2. The molecule has 0 saturated carbocycles. The van der Waals surface area contributed by atoms with E-state index in [2.05, 4.69) is 20.1 Å². The van der Waals surface area contributed by atoms with Gasteiger partial charge in [-0.15, -0.1) is 0 Å². The molecule has 0 amide bonds. The van der Waals surface area contributed by atoms with Gasteiger partial charge in [-0.25, -0.2) is 14.4 Å². The van der Waals surface area contributed by atoms with E-state index in [1.54, 1.807) is 24.5 Å². The van der Waals surface area contributed by atoms with Crippen molar-refractivity contribution in [1.29, 1.82) is 0 Å². The number of aromatic nitrogens is 4. The second kappa shape index (κ2) is 4.45. The highest BCUT2D eigenvalue weighted by atomic mass is 19.1. The van der Waals surface area contributed by atoms with Crippen molar-refractivity contribution >= 4 is 5.69 Å². The molecule has 0 radical (unpaired) electrons. The molecule has 3 rings (SSSR count). The lowest BCUT2D eigenvalue weighted by atomic mass is 10.2. The zero-order valence-electron chi connectivity index (χ0n) is 9.62. The smallest absolute Gasteiger partial charge is 0.258 e. The van der Waals surface area contributed by atoms with Gasteiger partial charge in [0.2, 0.25) is 11.6 Å². The molecule has 2 N–H and O–H groups in total. The van der Waals surface area contributed by atoms with Crippen LogP contribution in [0.1, 0.15) is 0 Å². The highest BCUT2D eigenvalue weighted by Gasteiger charge is 2.13. The average Bonchev–Trinajstić information content (AvgIpc) is 2.93. The van der Waals surface area contributed by atoms with E-state index in [-0.39, 0.29) is 17.4 Å². The molecule has 19 heavy (non-hydrogen) atoms. The van der Waals surface area contributed by atoms with Crippen molar-refractivity contribution in [3.8, 4) is 23.1 Å². The summed E-state index contributed by atoms with van der Waals surface area (Å²) in [6.07, 6.45) is 3.14. The van der Waals surface area contributed by atoms with Crippen LogP contribution in [0.4, 0.5) is 10.1 Å². The quantitative estimate of drug-likeness (QED) is 0.705. The lowest BCUT2D eigenvalue weighted by molar-refractivity contribution is 0.431. The van der Waals surface area contributed by atoms with Gasteiger partial charge in [-0.2, -0.15) is 4.98 Å². The number of anilines is 1. The third-order valence-electron chi connectivity index (χ3n) is 2.44. The summed E-state index contributed by atoms with van der Waals surface area (Å²) in [5.41, 5.74) is 5.91. The third kappa shape index (κ3) is 2.13. The summed E-state index contributed by atoms with van der Waals surface area (Å²) in [4.78, 5) is 12.1. The zero-order valence-corrected chi connectivity index (χ0v) is 9.62. The van der Waals surface area contributed by atoms with Gasteiger partial charge in [0.05, 0.1) is 5.69 Å². The van der Waals surface area contributed by atoms with E-state index < -0.39 is 5.82 Å². The number of benzene rings is 1. The summed E-state index contributed by atoms with van der Waals surface area (Å²) >= 11 is 0. The molecule has 3 aromatic rings. The second-order valence-corrected chi connectivity index (χ2v) is 3.73. The molecular weight excluding hydrogens is 249 g/mol. The van der Waals surface area contributed by atoms with Gasteiger partial charge in [0.15, 0.2) is 0 Å². The van der Waals surface area contributed by atoms with E-state index in [0.29, 0.717) is 11.4 Å². The normalized spacial score (nSPS) is 10.6. The van der Waals surface area contributed by atoms with E-state index in [0.717, 1.165) is 0 Å². The van der Waals surface area contributed by atoms with E-state index in [1.165, 1.54) is 12.1 Å². The van der Waals surface area contributed by atoms with Crippen molar-refractivity contribution in [3.63, 3.8) is 0 Å². The van der Waals surface area contributed by atoms with Crippen LogP contribution in [0.3, 0.4) is 0 Å². The number of nitrogens with two attached hydrogens (primary N) is 1. The molecule has 0 spiro atoms. The summed E-state index contributed by atoms with van der Waals surface area (Å²) in [6, 6.07) is 5.95. The minimum atomic E-state index is -0.534. The fraction of sp³-hybridized carbons (Fsp3) is 0. The summed E-state index contributed by atoms with van der Waals surface area (Å²) in [5, 5.41) is 3.75. The SMILES string of the molecule is Nc1ccc(-c2nc(-c3ncccn3)no2)cc1F. The van der Waals surface area contributed by atoms with Gasteiger partial charge in [-0.05, 0) is 24.3 Å². The fourth-order valence-electron chi connectivity index (χ4n) is 1.51. The van der Waals surface area contributed by atoms with Gasteiger partial charge in [-0.3, -0.25) is 0 Å². The van der Waals surface area contributed by atoms with Crippen molar-refractivity contribution in [2.24, 2.45) is 0 Å². The van der Waals surface area contributed by atoms with Crippen molar-refractivity contribution in [1.82, 2.24) is 20.1 Å². The molecule has 0 fully saturated rings. The van der Waals surface area contributed by atoms with Crippen molar-refractivity contribution in [3.05, 3.63) is 42.5 Å². The van der Waals surface area contributed by atoms with Gasteiger partial charge in [0.25, 0.3) is 5.89 Å². The Morgan fingerprint density at radius 3 is 2.63 bits per heavy atom.